The Hall–Kier alpha value is -2.50. The molecule has 2 bridgehead atoms. The average molecular weight is 324 g/mol. The molecule has 124 valence electrons. The van der Waals surface area contributed by atoms with Gasteiger partial charge in [-0.25, -0.2) is 4.98 Å². The quantitative estimate of drug-likeness (QED) is 0.867. The van der Waals surface area contributed by atoms with E-state index in [1.54, 1.807) is 24.8 Å². The lowest BCUT2D eigenvalue weighted by molar-refractivity contribution is 0.0353. The number of fused-ring (bicyclic) bond motifs is 2. The second kappa shape index (κ2) is 6.19. The molecule has 2 aromatic rings. The summed E-state index contributed by atoms with van der Waals surface area (Å²) in [6.07, 6.45) is 10.6. The number of amides is 1. The van der Waals surface area contributed by atoms with Crippen molar-refractivity contribution < 1.29 is 9.53 Å². The fourth-order valence-electron chi connectivity index (χ4n) is 3.80. The lowest BCUT2D eigenvalue weighted by Crippen LogP contribution is -2.49. The first-order valence-corrected chi connectivity index (χ1v) is 8.38. The summed E-state index contributed by atoms with van der Waals surface area (Å²) < 4.78 is 6.06. The van der Waals surface area contributed by atoms with Gasteiger partial charge in [0.25, 0.3) is 5.91 Å². The lowest BCUT2D eigenvalue weighted by Gasteiger charge is -2.38. The Morgan fingerprint density at radius 2 is 1.96 bits per heavy atom. The van der Waals surface area contributed by atoms with Gasteiger partial charge in [0.1, 0.15) is 17.5 Å². The minimum Gasteiger partial charge on any atom is -0.489 e. The summed E-state index contributed by atoms with van der Waals surface area (Å²) in [6, 6.07) is 4.24. The summed E-state index contributed by atoms with van der Waals surface area (Å²) in [6.45, 7) is 1.87. The van der Waals surface area contributed by atoms with Gasteiger partial charge in [-0.1, -0.05) is 0 Å². The predicted octanol–water partition coefficient (Wildman–Crippen LogP) is 2.39. The monoisotopic (exact) mass is 324 g/mol. The van der Waals surface area contributed by atoms with Gasteiger partial charge in [0, 0.05) is 37.3 Å². The van der Waals surface area contributed by atoms with E-state index in [-0.39, 0.29) is 24.1 Å². The molecule has 6 nitrogen and oxygen atoms in total. The van der Waals surface area contributed by atoms with Crippen LogP contribution in [0, 0.1) is 6.92 Å². The topological polar surface area (TPSA) is 68.2 Å². The van der Waals surface area contributed by atoms with Gasteiger partial charge in [-0.15, -0.1) is 0 Å². The van der Waals surface area contributed by atoms with E-state index in [1.165, 1.54) is 0 Å². The summed E-state index contributed by atoms with van der Waals surface area (Å²) in [4.78, 5) is 27.3. The minimum atomic E-state index is -0.00479. The SMILES string of the molecule is Cc1cnc(C(=O)N2C3CCC2CC(Oc2cccnc2)C3)cn1. The van der Waals surface area contributed by atoms with Crippen LogP contribution in [0.15, 0.2) is 36.9 Å². The molecule has 2 aliphatic heterocycles. The Labute approximate surface area is 140 Å². The third kappa shape index (κ3) is 2.84. The molecule has 2 saturated heterocycles. The van der Waals surface area contributed by atoms with Gasteiger partial charge >= 0.3 is 0 Å². The highest BCUT2D eigenvalue weighted by atomic mass is 16.5. The summed E-state index contributed by atoms with van der Waals surface area (Å²) in [7, 11) is 0. The fourth-order valence-corrected chi connectivity index (χ4v) is 3.80. The van der Waals surface area contributed by atoms with E-state index in [1.807, 2.05) is 24.0 Å². The lowest BCUT2D eigenvalue weighted by atomic mass is 9.99. The minimum absolute atomic E-state index is 0.00479. The van der Waals surface area contributed by atoms with Gasteiger partial charge in [0.15, 0.2) is 0 Å². The van der Waals surface area contributed by atoms with Gasteiger partial charge in [0.2, 0.25) is 0 Å². The number of nitrogens with zero attached hydrogens (tertiary/aromatic N) is 4. The van der Waals surface area contributed by atoms with Gasteiger partial charge in [-0.05, 0) is 31.9 Å². The van der Waals surface area contributed by atoms with Crippen LogP contribution >= 0.6 is 0 Å². The summed E-state index contributed by atoms with van der Waals surface area (Å²) >= 11 is 0. The van der Waals surface area contributed by atoms with Crippen LogP contribution in [0.4, 0.5) is 0 Å². The Morgan fingerprint density at radius 1 is 1.17 bits per heavy atom. The smallest absolute Gasteiger partial charge is 0.274 e. The molecule has 1 amide bonds. The molecule has 0 radical (unpaired) electrons. The molecule has 4 heterocycles. The molecule has 0 spiro atoms. The van der Waals surface area contributed by atoms with Gasteiger partial charge < -0.3 is 9.64 Å². The molecule has 2 atom stereocenters. The van der Waals surface area contributed by atoms with Crippen molar-refractivity contribution in [2.45, 2.75) is 50.8 Å². The molecule has 24 heavy (non-hydrogen) atoms. The number of rotatable bonds is 3. The molecular weight excluding hydrogens is 304 g/mol. The molecule has 2 aliphatic rings. The first-order chi connectivity index (χ1) is 11.7. The van der Waals surface area contributed by atoms with Crippen molar-refractivity contribution in [1.29, 1.82) is 0 Å². The van der Waals surface area contributed by atoms with E-state index in [0.29, 0.717) is 5.69 Å². The van der Waals surface area contributed by atoms with Crippen LogP contribution in [-0.2, 0) is 0 Å². The summed E-state index contributed by atoms with van der Waals surface area (Å²) in [5, 5.41) is 0. The number of aromatic nitrogens is 3. The van der Waals surface area contributed by atoms with E-state index >= 15 is 0 Å². The van der Waals surface area contributed by atoms with Crippen LogP contribution in [0.5, 0.6) is 5.75 Å². The van der Waals surface area contributed by atoms with E-state index in [4.69, 9.17) is 4.74 Å². The zero-order chi connectivity index (χ0) is 16.5. The van der Waals surface area contributed by atoms with Crippen molar-refractivity contribution in [3.63, 3.8) is 0 Å². The molecule has 6 heteroatoms. The standard InChI is InChI=1S/C18H20N4O2/c1-12-9-21-17(11-20-12)18(23)22-13-4-5-14(22)8-16(7-13)24-15-3-2-6-19-10-15/h2-3,6,9-11,13-14,16H,4-5,7-8H2,1H3. The van der Waals surface area contributed by atoms with Gasteiger partial charge in [-0.2, -0.15) is 0 Å². The van der Waals surface area contributed by atoms with Crippen molar-refractivity contribution in [2.75, 3.05) is 0 Å². The number of carbonyl (C=O) groups excluding carboxylic acids is 1. The predicted molar refractivity (Wildman–Crippen MR) is 87.6 cm³/mol. The Balaban J connectivity index is 1.47. The molecule has 2 fully saturated rings. The number of aryl methyl sites for hydroxylation is 1. The first-order valence-electron chi connectivity index (χ1n) is 8.38. The highest BCUT2D eigenvalue weighted by molar-refractivity contribution is 5.92. The number of ether oxygens (including phenoxy) is 1. The van der Waals surface area contributed by atoms with Crippen LogP contribution in [0.2, 0.25) is 0 Å². The van der Waals surface area contributed by atoms with Crippen LogP contribution in [0.25, 0.3) is 0 Å². The van der Waals surface area contributed by atoms with E-state index < -0.39 is 0 Å². The zero-order valence-corrected chi connectivity index (χ0v) is 13.6. The summed E-state index contributed by atoms with van der Waals surface area (Å²) in [5.74, 6) is 0.793. The first kappa shape index (κ1) is 15.1. The Morgan fingerprint density at radius 3 is 2.58 bits per heavy atom. The molecule has 0 aliphatic carbocycles. The molecule has 0 saturated carbocycles. The van der Waals surface area contributed by atoms with Crippen molar-refractivity contribution >= 4 is 5.91 Å². The number of hydrogen-bond acceptors (Lipinski definition) is 5. The maximum atomic E-state index is 12.8. The zero-order valence-electron chi connectivity index (χ0n) is 13.6. The van der Waals surface area contributed by atoms with Crippen LogP contribution in [0.3, 0.4) is 0 Å². The average Bonchev–Trinajstić information content (AvgIpc) is 2.87. The maximum Gasteiger partial charge on any atom is 0.274 e. The normalized spacial score (nSPS) is 25.5. The van der Waals surface area contributed by atoms with Crippen LogP contribution in [-0.4, -0.2) is 43.9 Å². The van der Waals surface area contributed by atoms with Crippen molar-refractivity contribution in [1.82, 2.24) is 19.9 Å². The number of carbonyl (C=O) groups is 1. The van der Waals surface area contributed by atoms with E-state index in [2.05, 4.69) is 15.0 Å². The maximum absolute atomic E-state index is 12.8. The molecule has 0 N–H and O–H groups in total. The molecule has 2 aromatic heterocycles. The fraction of sp³-hybridized carbons (Fsp3) is 0.444. The summed E-state index contributed by atoms with van der Waals surface area (Å²) in [5.41, 5.74) is 1.25. The molecule has 0 aromatic carbocycles. The van der Waals surface area contributed by atoms with Crippen LogP contribution in [0.1, 0.15) is 41.9 Å². The Kier molecular flexibility index (Phi) is 3.88. The van der Waals surface area contributed by atoms with Gasteiger partial charge in [-0.3, -0.25) is 14.8 Å². The van der Waals surface area contributed by atoms with Crippen molar-refractivity contribution in [3.8, 4) is 5.75 Å². The molecule has 2 unspecified atom stereocenters. The number of piperidine rings is 1. The Bertz CT molecular complexity index is 706. The second-order valence-corrected chi connectivity index (χ2v) is 6.54. The van der Waals surface area contributed by atoms with Gasteiger partial charge in [0.05, 0.1) is 18.1 Å². The number of pyridine rings is 1. The van der Waals surface area contributed by atoms with Crippen molar-refractivity contribution in [2.24, 2.45) is 0 Å². The van der Waals surface area contributed by atoms with Crippen LogP contribution < -0.4 is 4.74 Å². The number of hydrogen-bond donors (Lipinski definition) is 0. The third-order valence-corrected chi connectivity index (χ3v) is 4.86. The molecular formula is C18H20N4O2. The van der Waals surface area contributed by atoms with E-state index in [9.17, 15) is 4.79 Å². The molecule has 4 rings (SSSR count). The van der Waals surface area contributed by atoms with E-state index in [0.717, 1.165) is 37.1 Å². The largest absolute Gasteiger partial charge is 0.489 e. The third-order valence-electron chi connectivity index (χ3n) is 4.86. The second-order valence-electron chi connectivity index (χ2n) is 6.54. The highest BCUT2D eigenvalue weighted by Crippen LogP contribution is 2.38. The van der Waals surface area contributed by atoms with Crippen molar-refractivity contribution in [3.05, 3.63) is 48.3 Å². The highest BCUT2D eigenvalue weighted by Gasteiger charge is 2.44.